The van der Waals surface area contributed by atoms with Crippen LogP contribution in [0.3, 0.4) is 0 Å². The predicted octanol–water partition coefficient (Wildman–Crippen LogP) is 5.90. The van der Waals surface area contributed by atoms with Gasteiger partial charge in [0.1, 0.15) is 5.75 Å². The first-order valence-corrected chi connectivity index (χ1v) is 12.5. The Morgan fingerprint density at radius 2 is 1.85 bits per heavy atom. The number of nitrogens with one attached hydrogen (secondary N) is 1. The van der Waals surface area contributed by atoms with Crippen LogP contribution in [0.15, 0.2) is 54.6 Å². The minimum atomic E-state index is -0.825. The molecule has 3 aromatic rings. The van der Waals surface area contributed by atoms with Crippen molar-refractivity contribution in [3.63, 3.8) is 0 Å². The highest BCUT2D eigenvalue weighted by atomic mass is 32.1. The van der Waals surface area contributed by atoms with Crippen LogP contribution in [0.5, 0.6) is 5.75 Å². The first-order chi connectivity index (χ1) is 16.2. The van der Waals surface area contributed by atoms with Gasteiger partial charge < -0.3 is 20.1 Å². The average molecular weight is 464 g/mol. The highest BCUT2D eigenvalue weighted by molar-refractivity contribution is 7.16. The molecule has 172 valence electrons. The molecule has 1 aliphatic carbocycles. The standard InChI is InChI=1S/C26H29N3O3S/c30-26(31)29(17-19-6-2-1-3-7-19)20-12-10-18(11-13-20)16-27-25-28-24-21-8-4-5-9-22(21)32-15-14-23(24)33-25/h1-9,18,20H,10-17H2,(H,27,28)(H,30,31). The number of amides is 1. The molecule has 5 rings (SSSR count). The van der Waals surface area contributed by atoms with Crippen LogP contribution >= 0.6 is 11.3 Å². The van der Waals surface area contributed by atoms with Crippen LogP contribution in [-0.2, 0) is 13.0 Å². The normalized spacial score (nSPS) is 19.5. The molecule has 0 spiro atoms. The van der Waals surface area contributed by atoms with Crippen LogP contribution in [0.2, 0.25) is 0 Å². The summed E-state index contributed by atoms with van der Waals surface area (Å²) in [5.74, 6) is 1.44. The lowest BCUT2D eigenvalue weighted by molar-refractivity contribution is 0.100. The maximum Gasteiger partial charge on any atom is 0.407 e. The van der Waals surface area contributed by atoms with Crippen molar-refractivity contribution in [1.29, 1.82) is 0 Å². The zero-order valence-corrected chi connectivity index (χ0v) is 19.4. The molecular weight excluding hydrogens is 434 g/mol. The lowest BCUT2D eigenvalue weighted by Crippen LogP contribution is -2.41. The molecule has 1 fully saturated rings. The number of hydrogen-bond donors (Lipinski definition) is 2. The first-order valence-electron chi connectivity index (χ1n) is 11.7. The molecular formula is C26H29N3O3S. The maximum absolute atomic E-state index is 11.9. The third-order valence-corrected chi connectivity index (χ3v) is 7.74. The predicted molar refractivity (Wildman–Crippen MR) is 131 cm³/mol. The van der Waals surface area contributed by atoms with Gasteiger partial charge in [-0.25, -0.2) is 9.78 Å². The number of ether oxygens (including phenoxy) is 1. The smallest absolute Gasteiger partial charge is 0.407 e. The molecule has 0 saturated heterocycles. The van der Waals surface area contributed by atoms with E-state index in [1.54, 1.807) is 16.2 Å². The zero-order valence-electron chi connectivity index (χ0n) is 18.6. The Hall–Kier alpha value is -3.06. The summed E-state index contributed by atoms with van der Waals surface area (Å²) in [6, 6.07) is 18.1. The topological polar surface area (TPSA) is 74.7 Å². The minimum Gasteiger partial charge on any atom is -0.493 e. The van der Waals surface area contributed by atoms with E-state index in [1.165, 1.54) is 4.88 Å². The van der Waals surface area contributed by atoms with Gasteiger partial charge in [0.2, 0.25) is 0 Å². The molecule has 1 aromatic heterocycles. The zero-order chi connectivity index (χ0) is 22.6. The van der Waals surface area contributed by atoms with Crippen LogP contribution in [0.4, 0.5) is 9.93 Å². The van der Waals surface area contributed by atoms with E-state index in [2.05, 4.69) is 11.4 Å². The second kappa shape index (κ2) is 9.83. The fourth-order valence-corrected chi connectivity index (χ4v) is 5.84. The highest BCUT2D eigenvalue weighted by Crippen LogP contribution is 2.39. The molecule has 0 unspecified atom stereocenters. The van der Waals surface area contributed by atoms with Gasteiger partial charge in [-0.15, -0.1) is 11.3 Å². The Bertz CT molecular complexity index is 1090. The molecule has 0 bridgehead atoms. The van der Waals surface area contributed by atoms with Crippen molar-refractivity contribution in [3.05, 3.63) is 65.0 Å². The summed E-state index contributed by atoms with van der Waals surface area (Å²) < 4.78 is 5.87. The van der Waals surface area contributed by atoms with Gasteiger partial charge in [0, 0.05) is 36.0 Å². The Balaban J connectivity index is 1.17. The van der Waals surface area contributed by atoms with E-state index >= 15 is 0 Å². The van der Waals surface area contributed by atoms with Gasteiger partial charge in [0.25, 0.3) is 0 Å². The summed E-state index contributed by atoms with van der Waals surface area (Å²) >= 11 is 1.72. The summed E-state index contributed by atoms with van der Waals surface area (Å²) in [4.78, 5) is 19.7. The molecule has 33 heavy (non-hydrogen) atoms. The molecule has 7 heteroatoms. The van der Waals surface area contributed by atoms with E-state index in [-0.39, 0.29) is 6.04 Å². The fraction of sp³-hybridized carbons (Fsp3) is 0.385. The Labute approximate surface area is 198 Å². The number of para-hydroxylation sites is 1. The van der Waals surface area contributed by atoms with Gasteiger partial charge in [0.05, 0.1) is 12.3 Å². The molecule has 1 saturated carbocycles. The molecule has 2 heterocycles. The third-order valence-electron chi connectivity index (χ3n) is 6.67. The monoisotopic (exact) mass is 463 g/mol. The highest BCUT2D eigenvalue weighted by Gasteiger charge is 2.29. The van der Waals surface area contributed by atoms with E-state index < -0.39 is 6.09 Å². The summed E-state index contributed by atoms with van der Waals surface area (Å²) in [5, 5.41) is 14.3. The fourth-order valence-electron chi connectivity index (χ4n) is 4.87. The Morgan fingerprint density at radius 3 is 2.64 bits per heavy atom. The van der Waals surface area contributed by atoms with Crippen molar-refractivity contribution in [1.82, 2.24) is 9.88 Å². The number of benzene rings is 2. The molecule has 0 radical (unpaired) electrons. The van der Waals surface area contributed by atoms with Crippen LogP contribution < -0.4 is 10.1 Å². The van der Waals surface area contributed by atoms with E-state index in [9.17, 15) is 9.90 Å². The van der Waals surface area contributed by atoms with Gasteiger partial charge in [0.15, 0.2) is 5.13 Å². The van der Waals surface area contributed by atoms with E-state index in [1.807, 2.05) is 48.5 Å². The number of aromatic nitrogens is 1. The number of hydrogen-bond acceptors (Lipinski definition) is 5. The van der Waals surface area contributed by atoms with Crippen LogP contribution in [0, 0.1) is 5.92 Å². The van der Waals surface area contributed by atoms with Crippen molar-refractivity contribution < 1.29 is 14.6 Å². The molecule has 0 atom stereocenters. The summed E-state index contributed by atoms with van der Waals surface area (Å²) in [5.41, 5.74) is 3.15. The van der Waals surface area contributed by atoms with Crippen LogP contribution in [-0.4, -0.2) is 40.3 Å². The minimum absolute atomic E-state index is 0.0892. The largest absolute Gasteiger partial charge is 0.493 e. The number of thiazole rings is 1. The van der Waals surface area contributed by atoms with Crippen molar-refractivity contribution in [2.24, 2.45) is 5.92 Å². The first kappa shape index (κ1) is 21.8. The van der Waals surface area contributed by atoms with Gasteiger partial charge in [-0.3, -0.25) is 0 Å². The second-order valence-corrected chi connectivity index (χ2v) is 9.92. The summed E-state index contributed by atoms with van der Waals surface area (Å²) in [6.45, 7) is 2.02. The average Bonchev–Trinajstić information content (AvgIpc) is 3.17. The van der Waals surface area contributed by atoms with Gasteiger partial charge >= 0.3 is 6.09 Å². The molecule has 2 N–H and O–H groups in total. The molecule has 6 nitrogen and oxygen atoms in total. The van der Waals surface area contributed by atoms with Crippen molar-refractivity contribution in [3.8, 4) is 17.0 Å². The molecule has 2 aromatic carbocycles. The number of carbonyl (C=O) groups is 1. The van der Waals surface area contributed by atoms with Crippen LogP contribution in [0.25, 0.3) is 11.3 Å². The van der Waals surface area contributed by atoms with Crippen molar-refractivity contribution in [2.45, 2.75) is 44.7 Å². The maximum atomic E-state index is 11.9. The number of anilines is 1. The lowest BCUT2D eigenvalue weighted by atomic mass is 9.85. The van der Waals surface area contributed by atoms with Crippen molar-refractivity contribution >= 4 is 22.6 Å². The molecule has 2 aliphatic rings. The summed E-state index contributed by atoms with van der Waals surface area (Å²) in [7, 11) is 0. The summed E-state index contributed by atoms with van der Waals surface area (Å²) in [6.07, 6.45) is 3.92. The SMILES string of the molecule is O=C(O)N(Cc1ccccc1)C1CCC(CNc2nc3c(s2)CCOc2ccccc2-3)CC1. The lowest BCUT2D eigenvalue weighted by Gasteiger charge is -2.35. The van der Waals surface area contributed by atoms with E-state index in [0.29, 0.717) is 19.1 Å². The molecule has 1 aliphatic heterocycles. The Morgan fingerprint density at radius 1 is 1.09 bits per heavy atom. The van der Waals surface area contributed by atoms with Gasteiger partial charge in [-0.05, 0) is 49.3 Å². The molecule has 1 amide bonds. The van der Waals surface area contributed by atoms with Gasteiger partial charge in [-0.2, -0.15) is 0 Å². The number of rotatable bonds is 6. The van der Waals surface area contributed by atoms with E-state index in [4.69, 9.17) is 9.72 Å². The quantitative estimate of drug-likeness (QED) is 0.476. The van der Waals surface area contributed by atoms with Crippen molar-refractivity contribution in [2.75, 3.05) is 18.5 Å². The van der Waals surface area contributed by atoms with E-state index in [0.717, 1.165) is 66.4 Å². The number of nitrogens with zero attached hydrogens (tertiary/aromatic N) is 2. The number of fused-ring (bicyclic) bond motifs is 3. The van der Waals surface area contributed by atoms with Crippen LogP contribution in [0.1, 0.15) is 36.1 Å². The third kappa shape index (κ3) is 4.98. The second-order valence-electron chi connectivity index (χ2n) is 8.84. The number of carboxylic acid groups (broad SMARTS) is 1. The Kier molecular flexibility index (Phi) is 6.48. The van der Waals surface area contributed by atoms with Gasteiger partial charge in [-0.1, -0.05) is 42.5 Å².